The molecule has 0 saturated heterocycles. The maximum Gasteiger partial charge on any atom is 0.267 e. The number of hydrogen-bond acceptors (Lipinski definition) is 5. The van der Waals surface area contributed by atoms with Crippen LogP contribution < -0.4 is 10.9 Å². The summed E-state index contributed by atoms with van der Waals surface area (Å²) in [6, 6.07) is 12.4. The molecule has 0 aliphatic carbocycles. The van der Waals surface area contributed by atoms with Gasteiger partial charge < -0.3 is 5.32 Å². The normalized spacial score (nSPS) is 11.5. The summed E-state index contributed by atoms with van der Waals surface area (Å²) >= 11 is 0. The van der Waals surface area contributed by atoms with Gasteiger partial charge in [-0.3, -0.25) is 9.59 Å². The maximum atomic E-state index is 12.5. The van der Waals surface area contributed by atoms with Gasteiger partial charge in [0.2, 0.25) is 5.91 Å². The predicted octanol–water partition coefficient (Wildman–Crippen LogP) is 1.50. The van der Waals surface area contributed by atoms with E-state index in [1.54, 1.807) is 49.6 Å². The fraction of sp³-hybridized carbons (Fsp3) is 0.118. The Morgan fingerprint density at radius 3 is 2.76 bits per heavy atom. The molecule has 8 heteroatoms. The topological polar surface area (TPSA) is 106 Å². The van der Waals surface area contributed by atoms with Gasteiger partial charge in [-0.05, 0) is 31.2 Å². The van der Waals surface area contributed by atoms with Gasteiger partial charge in [0, 0.05) is 18.5 Å². The van der Waals surface area contributed by atoms with Crippen LogP contribution in [-0.4, -0.2) is 25.5 Å². The molecule has 0 fully saturated rings. The van der Waals surface area contributed by atoms with Crippen molar-refractivity contribution in [1.82, 2.24) is 19.6 Å². The lowest BCUT2D eigenvalue weighted by atomic mass is 10.2. The summed E-state index contributed by atoms with van der Waals surface area (Å²) in [7, 11) is 0. The Labute approximate surface area is 142 Å². The summed E-state index contributed by atoms with van der Waals surface area (Å²) in [5, 5.41) is 20.0. The van der Waals surface area contributed by atoms with Crippen molar-refractivity contribution in [2.45, 2.75) is 13.0 Å². The minimum atomic E-state index is -0.866. The molecule has 2 aromatic heterocycles. The van der Waals surface area contributed by atoms with Gasteiger partial charge in [0.1, 0.15) is 12.1 Å². The van der Waals surface area contributed by atoms with Crippen molar-refractivity contribution in [3.8, 4) is 11.9 Å². The Morgan fingerprint density at radius 2 is 2.04 bits per heavy atom. The fourth-order valence-corrected chi connectivity index (χ4v) is 2.26. The van der Waals surface area contributed by atoms with Crippen molar-refractivity contribution in [2.24, 2.45) is 0 Å². The number of aromatic nitrogens is 4. The van der Waals surface area contributed by atoms with E-state index in [9.17, 15) is 9.59 Å². The van der Waals surface area contributed by atoms with Crippen LogP contribution in [0.1, 0.15) is 18.5 Å². The highest BCUT2D eigenvalue weighted by Crippen LogP contribution is 2.15. The minimum Gasteiger partial charge on any atom is -0.323 e. The van der Waals surface area contributed by atoms with E-state index >= 15 is 0 Å². The summed E-state index contributed by atoms with van der Waals surface area (Å²) in [5.74, 6) is -0.0309. The highest BCUT2D eigenvalue weighted by Gasteiger charge is 2.19. The van der Waals surface area contributed by atoms with E-state index in [0.29, 0.717) is 17.1 Å². The molecule has 2 heterocycles. The third-order valence-electron chi connectivity index (χ3n) is 3.60. The van der Waals surface area contributed by atoms with Crippen molar-refractivity contribution in [1.29, 1.82) is 5.26 Å². The second kappa shape index (κ2) is 6.80. The molecule has 3 rings (SSSR count). The van der Waals surface area contributed by atoms with Gasteiger partial charge in [0.05, 0.1) is 11.3 Å². The molecule has 1 atom stereocenters. The molecule has 0 bridgehead atoms. The van der Waals surface area contributed by atoms with E-state index in [0.717, 1.165) is 4.68 Å². The number of carbonyl (C=O) groups excluding carboxylic acids is 1. The van der Waals surface area contributed by atoms with Crippen LogP contribution in [0.5, 0.6) is 0 Å². The number of anilines is 1. The maximum absolute atomic E-state index is 12.5. The molecule has 25 heavy (non-hydrogen) atoms. The standard InChI is InChI=1S/C17H14N6O2/c1-12(17(25)20-14-6-3-2-5-13(14)11-18)23-16(24)8-7-15(21-23)22-10-4-9-19-22/h2-10,12H,1H3,(H,20,25). The molecule has 0 aliphatic heterocycles. The van der Waals surface area contributed by atoms with Crippen LogP contribution in [0.15, 0.2) is 59.7 Å². The van der Waals surface area contributed by atoms with Crippen LogP contribution in [0.25, 0.3) is 5.82 Å². The summed E-state index contributed by atoms with van der Waals surface area (Å²) in [4.78, 5) is 24.6. The molecule has 1 N–H and O–H groups in total. The molecule has 0 spiro atoms. The first-order valence-electron chi connectivity index (χ1n) is 7.50. The summed E-state index contributed by atoms with van der Waals surface area (Å²) in [6.45, 7) is 1.56. The van der Waals surface area contributed by atoms with Gasteiger partial charge in [-0.15, -0.1) is 5.10 Å². The Bertz CT molecular complexity index is 1000. The molecule has 124 valence electrons. The number of hydrogen-bond donors (Lipinski definition) is 1. The number of benzene rings is 1. The average Bonchev–Trinajstić information content (AvgIpc) is 3.16. The number of nitrogens with zero attached hydrogens (tertiary/aromatic N) is 5. The van der Waals surface area contributed by atoms with Crippen LogP contribution in [0.3, 0.4) is 0 Å². The lowest BCUT2D eigenvalue weighted by Crippen LogP contribution is -2.33. The zero-order chi connectivity index (χ0) is 17.8. The largest absolute Gasteiger partial charge is 0.323 e. The van der Waals surface area contributed by atoms with Gasteiger partial charge in [-0.2, -0.15) is 10.4 Å². The van der Waals surface area contributed by atoms with Gasteiger partial charge in [0.25, 0.3) is 5.56 Å². The number of amides is 1. The monoisotopic (exact) mass is 334 g/mol. The number of nitrogens with one attached hydrogen (secondary N) is 1. The quantitative estimate of drug-likeness (QED) is 0.778. The first-order chi connectivity index (χ1) is 12.1. The third-order valence-corrected chi connectivity index (χ3v) is 3.60. The molecule has 0 radical (unpaired) electrons. The second-order valence-electron chi connectivity index (χ2n) is 5.25. The molecule has 0 saturated carbocycles. The SMILES string of the molecule is CC(C(=O)Nc1ccccc1C#N)n1nc(-n2cccn2)ccc1=O. The predicted molar refractivity (Wildman–Crippen MR) is 90.1 cm³/mol. The number of para-hydroxylation sites is 1. The lowest BCUT2D eigenvalue weighted by molar-refractivity contribution is -0.119. The van der Waals surface area contributed by atoms with Gasteiger partial charge >= 0.3 is 0 Å². The molecular weight excluding hydrogens is 320 g/mol. The lowest BCUT2D eigenvalue weighted by Gasteiger charge is -2.15. The highest BCUT2D eigenvalue weighted by atomic mass is 16.2. The van der Waals surface area contributed by atoms with Crippen molar-refractivity contribution >= 4 is 11.6 Å². The van der Waals surface area contributed by atoms with Crippen LogP contribution in [0, 0.1) is 11.3 Å². The van der Waals surface area contributed by atoms with Crippen molar-refractivity contribution in [3.05, 3.63) is 70.8 Å². The fourth-order valence-electron chi connectivity index (χ4n) is 2.26. The van der Waals surface area contributed by atoms with E-state index in [1.165, 1.54) is 16.8 Å². The van der Waals surface area contributed by atoms with E-state index in [2.05, 4.69) is 15.5 Å². The van der Waals surface area contributed by atoms with E-state index in [4.69, 9.17) is 5.26 Å². The molecule has 1 unspecified atom stereocenters. The van der Waals surface area contributed by atoms with Crippen molar-refractivity contribution in [2.75, 3.05) is 5.32 Å². The molecule has 0 aliphatic rings. The zero-order valence-corrected chi connectivity index (χ0v) is 13.3. The Morgan fingerprint density at radius 1 is 1.24 bits per heavy atom. The summed E-state index contributed by atoms with van der Waals surface area (Å²) in [5.41, 5.74) is 0.318. The molecule has 1 amide bonds. The molecule has 1 aromatic carbocycles. The van der Waals surface area contributed by atoms with Crippen LogP contribution in [0.2, 0.25) is 0 Å². The van der Waals surface area contributed by atoms with Gasteiger partial charge in [-0.25, -0.2) is 9.36 Å². The van der Waals surface area contributed by atoms with Crippen molar-refractivity contribution < 1.29 is 4.79 Å². The van der Waals surface area contributed by atoms with Crippen LogP contribution >= 0.6 is 0 Å². The first-order valence-corrected chi connectivity index (χ1v) is 7.50. The first kappa shape index (κ1) is 16.1. The smallest absolute Gasteiger partial charge is 0.267 e. The molecule has 3 aromatic rings. The zero-order valence-electron chi connectivity index (χ0n) is 13.3. The Hall–Kier alpha value is -3.73. The van der Waals surface area contributed by atoms with Crippen LogP contribution in [0.4, 0.5) is 5.69 Å². The summed E-state index contributed by atoms with van der Waals surface area (Å²) in [6.07, 6.45) is 3.27. The number of carbonyl (C=O) groups is 1. The van der Waals surface area contributed by atoms with Gasteiger partial charge in [0.15, 0.2) is 5.82 Å². The Balaban J connectivity index is 1.89. The third kappa shape index (κ3) is 3.30. The number of nitriles is 1. The summed E-state index contributed by atoms with van der Waals surface area (Å²) < 4.78 is 2.58. The van der Waals surface area contributed by atoms with Crippen molar-refractivity contribution in [3.63, 3.8) is 0 Å². The van der Waals surface area contributed by atoms with E-state index in [1.807, 2.05) is 6.07 Å². The minimum absolute atomic E-state index is 0.341. The number of rotatable bonds is 4. The van der Waals surface area contributed by atoms with Gasteiger partial charge in [-0.1, -0.05) is 12.1 Å². The molecular formula is C17H14N6O2. The average molecular weight is 334 g/mol. The van der Waals surface area contributed by atoms with E-state index < -0.39 is 17.5 Å². The highest BCUT2D eigenvalue weighted by molar-refractivity contribution is 5.94. The van der Waals surface area contributed by atoms with E-state index in [-0.39, 0.29) is 0 Å². The Kier molecular flexibility index (Phi) is 4.39. The second-order valence-corrected chi connectivity index (χ2v) is 5.25. The molecule has 8 nitrogen and oxygen atoms in total. The van der Waals surface area contributed by atoms with Crippen LogP contribution in [-0.2, 0) is 4.79 Å².